The third kappa shape index (κ3) is 4.85. The summed E-state index contributed by atoms with van der Waals surface area (Å²) >= 11 is 11.8. The molecule has 0 atom stereocenters. The smallest absolute Gasteiger partial charge is 0.335 e. The van der Waals surface area contributed by atoms with Crippen molar-refractivity contribution in [2.24, 2.45) is 0 Å². The molecule has 1 heterocycles. The molecule has 0 spiro atoms. The monoisotopic (exact) mass is 426 g/mol. The van der Waals surface area contributed by atoms with E-state index in [0.717, 1.165) is 0 Å². The highest BCUT2D eigenvalue weighted by molar-refractivity contribution is 6.42. The number of amides is 1. The van der Waals surface area contributed by atoms with Crippen LogP contribution in [0.1, 0.15) is 16.1 Å². The predicted octanol–water partition coefficient (Wildman–Crippen LogP) is 5.50. The van der Waals surface area contributed by atoms with Crippen LogP contribution in [0.4, 0.5) is 5.69 Å². The van der Waals surface area contributed by atoms with Crippen LogP contribution in [0.15, 0.2) is 64.6 Å². The molecule has 6 nitrogen and oxygen atoms in total. The zero-order valence-electron chi connectivity index (χ0n) is 14.6. The van der Waals surface area contributed by atoms with Gasteiger partial charge in [0.05, 0.1) is 15.6 Å². The Labute approximate surface area is 175 Å². The molecule has 8 heteroatoms. The summed E-state index contributed by atoms with van der Waals surface area (Å²) in [5.41, 5.74) is 1.04. The molecule has 0 radical (unpaired) electrons. The van der Waals surface area contributed by atoms with Crippen molar-refractivity contribution in [3.8, 4) is 17.4 Å². The van der Waals surface area contributed by atoms with Crippen molar-refractivity contribution in [2.45, 2.75) is 0 Å². The molecular weight excluding hydrogens is 415 g/mol. The number of carboxylic acids is 1. The van der Waals surface area contributed by atoms with Crippen LogP contribution in [-0.4, -0.2) is 17.0 Å². The number of furan rings is 1. The highest BCUT2D eigenvalue weighted by atomic mass is 35.5. The number of carbonyl (C=O) groups is 2. The van der Waals surface area contributed by atoms with Gasteiger partial charge in [-0.05, 0) is 42.5 Å². The number of carbonyl (C=O) groups excluding carboxylic acids is 1. The Balaban J connectivity index is 1.78. The van der Waals surface area contributed by atoms with Crippen molar-refractivity contribution in [1.29, 1.82) is 5.26 Å². The maximum absolute atomic E-state index is 12.3. The standard InChI is InChI=1S/C21H12Cl2N2O4/c22-17-7-5-15(10-18(17)23)25-20(26)14(11-24)9-16-6-8-19(29-16)12-1-3-13(4-2-12)21(27)28/h1-10H,(H,25,26)(H,27,28)/b14-9-. The number of rotatable bonds is 5. The third-order valence-electron chi connectivity index (χ3n) is 3.87. The molecule has 1 aromatic heterocycles. The topological polar surface area (TPSA) is 103 Å². The van der Waals surface area contributed by atoms with Crippen molar-refractivity contribution in [2.75, 3.05) is 5.32 Å². The Hall–Kier alpha value is -3.53. The van der Waals surface area contributed by atoms with Gasteiger partial charge in [-0.3, -0.25) is 4.79 Å². The first-order valence-corrected chi connectivity index (χ1v) is 8.95. The number of carboxylic acid groups (broad SMARTS) is 1. The lowest BCUT2D eigenvalue weighted by molar-refractivity contribution is -0.112. The highest BCUT2D eigenvalue weighted by Crippen LogP contribution is 2.26. The first-order chi connectivity index (χ1) is 13.9. The summed E-state index contributed by atoms with van der Waals surface area (Å²) in [5, 5.41) is 21.5. The van der Waals surface area contributed by atoms with E-state index < -0.39 is 11.9 Å². The van der Waals surface area contributed by atoms with Crippen LogP contribution in [0, 0.1) is 11.3 Å². The fourth-order valence-corrected chi connectivity index (χ4v) is 2.72. The summed E-state index contributed by atoms with van der Waals surface area (Å²) in [4.78, 5) is 23.3. The zero-order valence-corrected chi connectivity index (χ0v) is 16.2. The molecule has 0 aliphatic carbocycles. The number of nitrogens with zero attached hydrogens (tertiary/aromatic N) is 1. The number of benzene rings is 2. The van der Waals surface area contributed by atoms with Crippen molar-refractivity contribution < 1.29 is 19.1 Å². The minimum atomic E-state index is -1.02. The third-order valence-corrected chi connectivity index (χ3v) is 4.61. The van der Waals surface area contributed by atoms with Crippen LogP contribution < -0.4 is 5.32 Å². The second-order valence-electron chi connectivity index (χ2n) is 5.84. The van der Waals surface area contributed by atoms with Gasteiger partial charge in [0.1, 0.15) is 23.2 Å². The second-order valence-corrected chi connectivity index (χ2v) is 6.65. The molecule has 0 aliphatic rings. The quantitative estimate of drug-likeness (QED) is 0.414. The summed E-state index contributed by atoms with van der Waals surface area (Å²) in [6.45, 7) is 0. The predicted molar refractivity (Wildman–Crippen MR) is 110 cm³/mol. The van der Waals surface area contributed by atoms with E-state index in [-0.39, 0.29) is 16.2 Å². The van der Waals surface area contributed by atoms with Crippen LogP contribution in [-0.2, 0) is 4.79 Å². The summed E-state index contributed by atoms with van der Waals surface area (Å²) in [6.07, 6.45) is 1.31. The number of nitrogens with one attached hydrogen (secondary N) is 1. The summed E-state index contributed by atoms with van der Waals surface area (Å²) in [6, 6.07) is 15.8. The number of aromatic carboxylic acids is 1. The fourth-order valence-electron chi connectivity index (χ4n) is 2.43. The molecule has 2 aromatic carbocycles. The molecule has 0 bridgehead atoms. The minimum absolute atomic E-state index is 0.158. The summed E-state index contributed by atoms with van der Waals surface area (Å²) in [7, 11) is 0. The largest absolute Gasteiger partial charge is 0.478 e. The number of hydrogen-bond acceptors (Lipinski definition) is 4. The Morgan fingerprint density at radius 1 is 1.03 bits per heavy atom. The molecule has 0 fully saturated rings. The molecule has 0 saturated heterocycles. The molecule has 29 heavy (non-hydrogen) atoms. The van der Waals surface area contributed by atoms with E-state index in [1.54, 1.807) is 30.3 Å². The average Bonchev–Trinajstić information content (AvgIpc) is 3.17. The molecule has 1 amide bonds. The maximum atomic E-state index is 12.3. The first kappa shape index (κ1) is 20.2. The van der Waals surface area contributed by atoms with E-state index in [1.807, 2.05) is 6.07 Å². The lowest BCUT2D eigenvalue weighted by Crippen LogP contribution is -2.13. The van der Waals surface area contributed by atoms with E-state index >= 15 is 0 Å². The number of hydrogen-bond donors (Lipinski definition) is 2. The van der Waals surface area contributed by atoms with Gasteiger partial charge in [-0.2, -0.15) is 5.26 Å². The molecule has 3 rings (SSSR count). The molecular formula is C21H12Cl2N2O4. The van der Waals surface area contributed by atoms with Gasteiger partial charge in [-0.1, -0.05) is 35.3 Å². The molecule has 0 saturated carbocycles. The number of halogens is 2. The average molecular weight is 427 g/mol. The lowest BCUT2D eigenvalue weighted by atomic mass is 10.1. The molecule has 0 unspecified atom stereocenters. The lowest BCUT2D eigenvalue weighted by Gasteiger charge is -2.05. The van der Waals surface area contributed by atoms with Gasteiger partial charge in [-0.15, -0.1) is 0 Å². The van der Waals surface area contributed by atoms with Gasteiger partial charge in [0.2, 0.25) is 0 Å². The second kappa shape index (κ2) is 8.65. The molecule has 0 aliphatic heterocycles. The van der Waals surface area contributed by atoms with Gasteiger partial charge in [-0.25, -0.2) is 4.79 Å². The van der Waals surface area contributed by atoms with Crippen LogP contribution in [0.5, 0.6) is 0 Å². The normalized spacial score (nSPS) is 11.0. The molecule has 2 N–H and O–H groups in total. The fraction of sp³-hybridized carbons (Fsp3) is 0. The molecule has 144 valence electrons. The first-order valence-electron chi connectivity index (χ1n) is 8.19. The zero-order chi connectivity index (χ0) is 21.0. The van der Waals surface area contributed by atoms with Crippen molar-refractivity contribution in [1.82, 2.24) is 0 Å². The van der Waals surface area contributed by atoms with E-state index in [4.69, 9.17) is 32.7 Å². The van der Waals surface area contributed by atoms with Gasteiger partial charge in [0.25, 0.3) is 5.91 Å². The minimum Gasteiger partial charge on any atom is -0.478 e. The van der Waals surface area contributed by atoms with Crippen molar-refractivity contribution >= 4 is 46.8 Å². The van der Waals surface area contributed by atoms with E-state index in [2.05, 4.69) is 5.32 Å². The van der Waals surface area contributed by atoms with Crippen molar-refractivity contribution in [3.05, 3.63) is 81.5 Å². The maximum Gasteiger partial charge on any atom is 0.335 e. The Morgan fingerprint density at radius 3 is 2.38 bits per heavy atom. The van der Waals surface area contributed by atoms with E-state index in [1.165, 1.54) is 30.3 Å². The van der Waals surface area contributed by atoms with Gasteiger partial charge >= 0.3 is 5.97 Å². The summed E-state index contributed by atoms with van der Waals surface area (Å²) < 4.78 is 5.64. The number of anilines is 1. The van der Waals surface area contributed by atoms with E-state index in [0.29, 0.717) is 27.8 Å². The van der Waals surface area contributed by atoms with Gasteiger partial charge in [0.15, 0.2) is 0 Å². The Kier molecular flexibility index (Phi) is 6.03. The van der Waals surface area contributed by atoms with Gasteiger partial charge in [0, 0.05) is 17.3 Å². The number of nitriles is 1. The van der Waals surface area contributed by atoms with Crippen LogP contribution in [0.2, 0.25) is 10.0 Å². The van der Waals surface area contributed by atoms with Crippen LogP contribution in [0.3, 0.4) is 0 Å². The summed E-state index contributed by atoms with van der Waals surface area (Å²) in [5.74, 6) is -0.889. The SMILES string of the molecule is N#C/C(=C/c1ccc(-c2ccc(C(=O)O)cc2)o1)C(=O)Nc1ccc(Cl)c(Cl)c1. The highest BCUT2D eigenvalue weighted by Gasteiger charge is 2.12. The Bertz CT molecular complexity index is 1160. The Morgan fingerprint density at radius 2 is 1.76 bits per heavy atom. The van der Waals surface area contributed by atoms with Gasteiger partial charge < -0.3 is 14.8 Å². The van der Waals surface area contributed by atoms with Crippen LogP contribution in [0.25, 0.3) is 17.4 Å². The van der Waals surface area contributed by atoms with Crippen molar-refractivity contribution in [3.63, 3.8) is 0 Å². The van der Waals surface area contributed by atoms with E-state index in [9.17, 15) is 14.9 Å². The van der Waals surface area contributed by atoms with Crippen LogP contribution >= 0.6 is 23.2 Å². The molecule has 3 aromatic rings.